The van der Waals surface area contributed by atoms with Gasteiger partial charge in [0.2, 0.25) is 5.91 Å². The fraction of sp³-hybridized carbons (Fsp3) is 0.500. The zero-order valence-corrected chi connectivity index (χ0v) is 10.8. The van der Waals surface area contributed by atoms with Crippen LogP contribution in [0.4, 0.5) is 5.69 Å². The highest BCUT2D eigenvalue weighted by Crippen LogP contribution is 2.05. The number of pyridine rings is 1. The summed E-state index contributed by atoms with van der Waals surface area (Å²) in [6, 6.07) is 3.33. The van der Waals surface area contributed by atoms with Crippen LogP contribution in [0, 0.1) is 0 Å². The van der Waals surface area contributed by atoms with Crippen LogP contribution in [0.2, 0.25) is 0 Å². The molecule has 1 amide bonds. The molecule has 1 heterocycles. The highest BCUT2D eigenvalue weighted by atomic mass is 16.5. The van der Waals surface area contributed by atoms with E-state index in [9.17, 15) is 15.0 Å². The lowest BCUT2D eigenvalue weighted by Gasteiger charge is -2.29. The summed E-state index contributed by atoms with van der Waals surface area (Å²) in [5, 5.41) is 24.0. The lowest BCUT2D eigenvalue weighted by atomic mass is 10.0. The molecule has 0 aromatic carbocycles. The zero-order chi connectivity index (χ0) is 14.1. The summed E-state index contributed by atoms with van der Waals surface area (Å²) in [5.74, 6) is -0.284. The molecule has 1 aromatic heterocycles. The molecule has 0 aliphatic heterocycles. The second-order valence-electron chi connectivity index (χ2n) is 4.17. The molecular weight excluding hydrogens is 250 g/mol. The summed E-state index contributed by atoms with van der Waals surface area (Å²) in [6.07, 6.45) is 3.14. The molecule has 7 nitrogen and oxygen atoms in total. The van der Waals surface area contributed by atoms with Gasteiger partial charge < -0.3 is 20.3 Å². The minimum atomic E-state index is -1.02. The summed E-state index contributed by atoms with van der Waals surface area (Å²) >= 11 is 0. The van der Waals surface area contributed by atoms with Crippen LogP contribution in [0.25, 0.3) is 0 Å². The van der Waals surface area contributed by atoms with Crippen molar-refractivity contribution in [3.05, 3.63) is 24.5 Å². The molecular formula is C12H19N3O4. The maximum Gasteiger partial charge on any atom is 0.238 e. The molecule has 0 spiro atoms. The van der Waals surface area contributed by atoms with E-state index in [-0.39, 0.29) is 32.3 Å². The molecule has 0 radical (unpaired) electrons. The van der Waals surface area contributed by atoms with E-state index in [2.05, 4.69) is 15.6 Å². The van der Waals surface area contributed by atoms with E-state index >= 15 is 0 Å². The lowest BCUT2D eigenvalue weighted by Crippen LogP contribution is -2.57. The quantitative estimate of drug-likeness (QED) is 0.481. The minimum absolute atomic E-state index is 0.0488. The second kappa shape index (κ2) is 7.80. The van der Waals surface area contributed by atoms with E-state index in [1.165, 1.54) is 7.11 Å². The predicted molar refractivity (Wildman–Crippen MR) is 69.6 cm³/mol. The van der Waals surface area contributed by atoms with Gasteiger partial charge in [-0.25, -0.2) is 0 Å². The third-order valence-corrected chi connectivity index (χ3v) is 2.61. The van der Waals surface area contributed by atoms with Gasteiger partial charge in [-0.15, -0.1) is 0 Å². The van der Waals surface area contributed by atoms with Crippen molar-refractivity contribution in [3.63, 3.8) is 0 Å². The number of nitrogens with zero attached hydrogens (tertiary/aromatic N) is 1. The van der Waals surface area contributed by atoms with Gasteiger partial charge in [-0.1, -0.05) is 0 Å². The van der Waals surface area contributed by atoms with Crippen molar-refractivity contribution in [1.82, 2.24) is 10.3 Å². The van der Waals surface area contributed by atoms with Crippen molar-refractivity contribution in [2.24, 2.45) is 0 Å². The van der Waals surface area contributed by atoms with Gasteiger partial charge in [-0.3, -0.25) is 15.1 Å². The number of aliphatic hydroxyl groups is 2. The van der Waals surface area contributed by atoms with Gasteiger partial charge in [0.15, 0.2) is 0 Å². The average Bonchev–Trinajstić information content (AvgIpc) is 2.45. The summed E-state index contributed by atoms with van der Waals surface area (Å²) in [4.78, 5) is 15.5. The number of ether oxygens (including phenoxy) is 1. The summed E-state index contributed by atoms with van der Waals surface area (Å²) < 4.78 is 4.92. The van der Waals surface area contributed by atoms with E-state index in [0.29, 0.717) is 5.69 Å². The number of carbonyl (C=O) groups is 1. The Bertz CT molecular complexity index is 382. The Morgan fingerprint density at radius 3 is 2.53 bits per heavy atom. The SMILES string of the molecule is COCC(CO)(CO)NCC(=O)Nc1ccncc1. The lowest BCUT2D eigenvalue weighted by molar-refractivity contribution is -0.116. The number of hydrogen-bond donors (Lipinski definition) is 4. The van der Waals surface area contributed by atoms with Gasteiger partial charge in [-0.2, -0.15) is 0 Å². The van der Waals surface area contributed by atoms with Crippen molar-refractivity contribution in [2.75, 3.05) is 38.8 Å². The molecule has 0 saturated heterocycles. The van der Waals surface area contributed by atoms with Gasteiger partial charge >= 0.3 is 0 Å². The van der Waals surface area contributed by atoms with Crippen LogP contribution < -0.4 is 10.6 Å². The monoisotopic (exact) mass is 269 g/mol. The van der Waals surface area contributed by atoms with Crippen LogP contribution in [-0.4, -0.2) is 60.1 Å². The summed E-state index contributed by atoms with van der Waals surface area (Å²) in [5.41, 5.74) is -0.392. The second-order valence-corrected chi connectivity index (χ2v) is 4.17. The van der Waals surface area contributed by atoms with E-state index in [4.69, 9.17) is 4.74 Å². The highest BCUT2D eigenvalue weighted by molar-refractivity contribution is 5.92. The molecule has 0 atom stereocenters. The first-order valence-corrected chi connectivity index (χ1v) is 5.81. The van der Waals surface area contributed by atoms with Gasteiger partial charge in [0.25, 0.3) is 0 Å². The molecule has 0 saturated carbocycles. The van der Waals surface area contributed by atoms with Gasteiger partial charge in [-0.05, 0) is 12.1 Å². The number of anilines is 1. The molecule has 1 rings (SSSR count). The summed E-state index contributed by atoms with van der Waals surface area (Å²) in [7, 11) is 1.46. The van der Waals surface area contributed by atoms with Gasteiger partial charge in [0, 0.05) is 25.2 Å². The fourth-order valence-electron chi connectivity index (χ4n) is 1.49. The normalized spacial score (nSPS) is 11.3. The Morgan fingerprint density at radius 2 is 2.00 bits per heavy atom. The number of methoxy groups -OCH3 is 1. The standard InChI is InChI=1S/C12H19N3O4/c1-19-9-12(7-16,8-17)14-6-11(18)15-10-2-4-13-5-3-10/h2-5,14,16-17H,6-9H2,1H3,(H,13,15,18). The molecule has 0 bridgehead atoms. The maximum absolute atomic E-state index is 11.7. The number of aromatic nitrogens is 1. The number of amides is 1. The van der Waals surface area contributed by atoms with Gasteiger partial charge in [0.05, 0.1) is 31.9 Å². The first kappa shape index (κ1) is 15.5. The van der Waals surface area contributed by atoms with Crippen LogP contribution in [0.5, 0.6) is 0 Å². The Kier molecular flexibility index (Phi) is 6.37. The molecule has 0 aliphatic carbocycles. The van der Waals surface area contributed by atoms with Crippen molar-refractivity contribution in [2.45, 2.75) is 5.54 Å². The van der Waals surface area contributed by atoms with E-state index in [1.807, 2.05) is 0 Å². The first-order valence-electron chi connectivity index (χ1n) is 5.81. The number of carbonyl (C=O) groups excluding carboxylic acids is 1. The van der Waals surface area contributed by atoms with E-state index in [1.54, 1.807) is 24.5 Å². The molecule has 0 aliphatic rings. The Balaban J connectivity index is 2.48. The molecule has 4 N–H and O–H groups in total. The third-order valence-electron chi connectivity index (χ3n) is 2.61. The molecule has 0 unspecified atom stereocenters. The van der Waals surface area contributed by atoms with Crippen molar-refractivity contribution in [3.8, 4) is 0 Å². The van der Waals surface area contributed by atoms with Crippen LogP contribution >= 0.6 is 0 Å². The van der Waals surface area contributed by atoms with Crippen LogP contribution in [-0.2, 0) is 9.53 Å². The number of aliphatic hydroxyl groups excluding tert-OH is 2. The predicted octanol–water partition coefficient (Wildman–Crippen LogP) is -1.02. The fourth-order valence-corrected chi connectivity index (χ4v) is 1.49. The Labute approximate surface area is 111 Å². The number of hydrogen-bond acceptors (Lipinski definition) is 6. The Hall–Kier alpha value is -1.54. The Morgan fingerprint density at radius 1 is 1.37 bits per heavy atom. The van der Waals surface area contributed by atoms with Crippen LogP contribution in [0.3, 0.4) is 0 Å². The molecule has 106 valence electrons. The third kappa shape index (κ3) is 4.92. The van der Waals surface area contributed by atoms with E-state index < -0.39 is 5.54 Å². The first-order chi connectivity index (χ1) is 9.15. The molecule has 19 heavy (non-hydrogen) atoms. The number of rotatable bonds is 8. The average molecular weight is 269 g/mol. The number of nitrogens with one attached hydrogen (secondary N) is 2. The molecule has 1 aromatic rings. The van der Waals surface area contributed by atoms with Crippen LogP contribution in [0.1, 0.15) is 0 Å². The topological polar surface area (TPSA) is 104 Å². The zero-order valence-electron chi connectivity index (χ0n) is 10.8. The van der Waals surface area contributed by atoms with Gasteiger partial charge in [0.1, 0.15) is 0 Å². The van der Waals surface area contributed by atoms with Crippen LogP contribution in [0.15, 0.2) is 24.5 Å². The smallest absolute Gasteiger partial charge is 0.238 e. The van der Waals surface area contributed by atoms with E-state index in [0.717, 1.165) is 0 Å². The largest absolute Gasteiger partial charge is 0.394 e. The molecule has 0 fully saturated rings. The maximum atomic E-state index is 11.7. The van der Waals surface area contributed by atoms with Crippen molar-refractivity contribution in [1.29, 1.82) is 0 Å². The van der Waals surface area contributed by atoms with Crippen molar-refractivity contribution < 1.29 is 19.7 Å². The summed E-state index contributed by atoms with van der Waals surface area (Å²) in [6.45, 7) is -0.616. The highest BCUT2D eigenvalue weighted by Gasteiger charge is 2.28. The minimum Gasteiger partial charge on any atom is -0.394 e. The van der Waals surface area contributed by atoms with Crippen molar-refractivity contribution >= 4 is 11.6 Å². The molecule has 7 heteroatoms.